The van der Waals surface area contributed by atoms with Crippen molar-refractivity contribution in [3.05, 3.63) is 52.1 Å². The third kappa shape index (κ3) is 3.99. The molecule has 0 spiro atoms. The fourth-order valence-corrected chi connectivity index (χ4v) is 4.26. The summed E-state index contributed by atoms with van der Waals surface area (Å²) in [6.07, 6.45) is 2.04. The summed E-state index contributed by atoms with van der Waals surface area (Å²) in [4.78, 5) is 31.7. The predicted molar refractivity (Wildman–Crippen MR) is 108 cm³/mol. The number of rotatable bonds is 7. The molecule has 0 radical (unpaired) electrons. The van der Waals surface area contributed by atoms with E-state index in [0.717, 1.165) is 25.1 Å². The van der Waals surface area contributed by atoms with Crippen LogP contribution in [-0.2, 0) is 4.79 Å². The molecule has 0 aliphatic rings. The zero-order valence-corrected chi connectivity index (χ0v) is 16.5. The first-order valence-corrected chi connectivity index (χ1v) is 10.4. The second-order valence-electron chi connectivity index (χ2n) is 5.96. The van der Waals surface area contributed by atoms with Crippen LogP contribution in [0.5, 0.6) is 0 Å². The van der Waals surface area contributed by atoms with Crippen LogP contribution in [0, 0.1) is 0 Å². The second kappa shape index (κ2) is 8.51. The Hall–Kier alpha value is -2.12. The number of unbranched alkanes of at least 4 members (excludes halogenated alkanes) is 1. The van der Waals surface area contributed by atoms with Crippen LogP contribution >= 0.6 is 23.1 Å². The SMILES string of the molecule is CCCCN(C)C(=O)CSc1nc2ccsc2c(=O)n1-c1ccccc1. The summed E-state index contributed by atoms with van der Waals surface area (Å²) in [6, 6.07) is 11.3. The Kier molecular flexibility index (Phi) is 6.11. The normalized spacial score (nSPS) is 11.0. The van der Waals surface area contributed by atoms with Crippen molar-refractivity contribution in [3.8, 4) is 5.69 Å². The van der Waals surface area contributed by atoms with E-state index in [-0.39, 0.29) is 17.2 Å². The second-order valence-corrected chi connectivity index (χ2v) is 7.82. The largest absolute Gasteiger partial charge is 0.345 e. The van der Waals surface area contributed by atoms with E-state index in [9.17, 15) is 9.59 Å². The molecule has 7 heteroatoms. The summed E-state index contributed by atoms with van der Waals surface area (Å²) in [5.74, 6) is 0.303. The van der Waals surface area contributed by atoms with Crippen LogP contribution in [0.15, 0.2) is 51.7 Å². The lowest BCUT2D eigenvalue weighted by molar-refractivity contribution is -0.127. The van der Waals surface area contributed by atoms with E-state index >= 15 is 0 Å². The average Bonchev–Trinajstić information content (AvgIpc) is 3.13. The standard InChI is InChI=1S/C19H21N3O2S2/c1-3-4-11-21(2)16(23)13-26-19-20-15-10-12-25-17(15)18(24)22(19)14-8-6-5-7-9-14/h5-10,12H,3-4,11,13H2,1-2H3. The van der Waals surface area contributed by atoms with Crippen molar-refractivity contribution in [1.29, 1.82) is 0 Å². The molecule has 3 rings (SSSR count). The number of hydrogen-bond donors (Lipinski definition) is 0. The number of hydrogen-bond acceptors (Lipinski definition) is 5. The topological polar surface area (TPSA) is 55.2 Å². The van der Waals surface area contributed by atoms with Crippen LogP contribution in [0.3, 0.4) is 0 Å². The molecular weight excluding hydrogens is 366 g/mol. The van der Waals surface area contributed by atoms with E-state index in [4.69, 9.17) is 0 Å². The van der Waals surface area contributed by atoms with Gasteiger partial charge in [-0.25, -0.2) is 4.98 Å². The molecular formula is C19H21N3O2S2. The molecule has 2 heterocycles. The van der Waals surface area contributed by atoms with Crippen LogP contribution in [-0.4, -0.2) is 39.7 Å². The first kappa shape index (κ1) is 18.7. The number of carbonyl (C=O) groups is 1. The van der Waals surface area contributed by atoms with E-state index in [1.807, 2.05) is 48.8 Å². The molecule has 0 N–H and O–H groups in total. The number of fused-ring (bicyclic) bond motifs is 1. The first-order valence-electron chi connectivity index (χ1n) is 8.54. The number of thioether (sulfide) groups is 1. The third-order valence-electron chi connectivity index (χ3n) is 4.06. The molecule has 0 fully saturated rings. The lowest BCUT2D eigenvalue weighted by Crippen LogP contribution is -2.29. The zero-order valence-electron chi connectivity index (χ0n) is 14.8. The highest BCUT2D eigenvalue weighted by molar-refractivity contribution is 7.99. The molecule has 1 aromatic carbocycles. The predicted octanol–water partition coefficient (Wildman–Crippen LogP) is 3.80. The summed E-state index contributed by atoms with van der Waals surface area (Å²) >= 11 is 2.70. The minimum absolute atomic E-state index is 0.0442. The Labute approximate surface area is 160 Å². The van der Waals surface area contributed by atoms with E-state index < -0.39 is 0 Å². The van der Waals surface area contributed by atoms with Crippen molar-refractivity contribution in [3.63, 3.8) is 0 Å². The maximum Gasteiger partial charge on any atom is 0.276 e. The summed E-state index contributed by atoms with van der Waals surface area (Å²) in [5.41, 5.74) is 1.35. The van der Waals surface area contributed by atoms with Crippen molar-refractivity contribution < 1.29 is 4.79 Å². The van der Waals surface area contributed by atoms with E-state index in [1.54, 1.807) is 9.47 Å². The van der Waals surface area contributed by atoms with Crippen molar-refractivity contribution in [2.24, 2.45) is 0 Å². The molecule has 26 heavy (non-hydrogen) atoms. The summed E-state index contributed by atoms with van der Waals surface area (Å²) in [5, 5.41) is 2.41. The number of carbonyl (C=O) groups excluding carboxylic acids is 1. The molecule has 0 aliphatic carbocycles. The summed E-state index contributed by atoms with van der Waals surface area (Å²) in [6.45, 7) is 2.85. The molecule has 5 nitrogen and oxygen atoms in total. The van der Waals surface area contributed by atoms with Crippen LogP contribution < -0.4 is 5.56 Å². The first-order chi connectivity index (χ1) is 12.6. The van der Waals surface area contributed by atoms with Gasteiger partial charge in [0.1, 0.15) is 4.70 Å². The number of thiophene rings is 1. The summed E-state index contributed by atoms with van der Waals surface area (Å²) < 4.78 is 2.23. The molecule has 1 amide bonds. The Morgan fingerprint density at radius 1 is 1.27 bits per heavy atom. The smallest absolute Gasteiger partial charge is 0.276 e. The minimum atomic E-state index is -0.0921. The Bertz CT molecular complexity index is 950. The minimum Gasteiger partial charge on any atom is -0.345 e. The van der Waals surface area contributed by atoms with Gasteiger partial charge in [-0.3, -0.25) is 14.2 Å². The third-order valence-corrected chi connectivity index (χ3v) is 5.88. The van der Waals surface area contributed by atoms with Gasteiger partial charge in [-0.05, 0) is 30.0 Å². The van der Waals surface area contributed by atoms with Gasteiger partial charge in [-0.2, -0.15) is 0 Å². The van der Waals surface area contributed by atoms with Gasteiger partial charge in [0, 0.05) is 13.6 Å². The summed E-state index contributed by atoms with van der Waals surface area (Å²) in [7, 11) is 1.82. The van der Waals surface area contributed by atoms with Gasteiger partial charge < -0.3 is 4.90 Å². The molecule has 0 unspecified atom stereocenters. The molecule has 2 aromatic heterocycles. The number of aromatic nitrogens is 2. The number of amides is 1. The van der Waals surface area contributed by atoms with Crippen LogP contribution in [0.4, 0.5) is 0 Å². The van der Waals surface area contributed by atoms with E-state index in [1.165, 1.54) is 23.1 Å². The average molecular weight is 388 g/mol. The molecule has 0 saturated carbocycles. The highest BCUT2D eigenvalue weighted by Gasteiger charge is 2.16. The number of para-hydroxylation sites is 1. The Balaban J connectivity index is 1.92. The highest BCUT2D eigenvalue weighted by Crippen LogP contribution is 2.23. The van der Waals surface area contributed by atoms with Crippen molar-refractivity contribution in [2.45, 2.75) is 24.9 Å². The van der Waals surface area contributed by atoms with Crippen LogP contribution in [0.25, 0.3) is 15.9 Å². The highest BCUT2D eigenvalue weighted by atomic mass is 32.2. The molecule has 3 aromatic rings. The quantitative estimate of drug-likeness (QED) is 0.457. The molecule has 0 bridgehead atoms. The van der Waals surface area contributed by atoms with Gasteiger partial charge in [-0.15, -0.1) is 11.3 Å². The molecule has 0 aliphatic heterocycles. The van der Waals surface area contributed by atoms with Gasteiger partial charge in [0.2, 0.25) is 5.91 Å². The van der Waals surface area contributed by atoms with E-state index in [2.05, 4.69) is 11.9 Å². The number of benzene rings is 1. The lowest BCUT2D eigenvalue weighted by atomic mass is 10.3. The van der Waals surface area contributed by atoms with Crippen molar-refractivity contribution in [1.82, 2.24) is 14.5 Å². The van der Waals surface area contributed by atoms with Crippen LogP contribution in [0.2, 0.25) is 0 Å². The van der Waals surface area contributed by atoms with Gasteiger partial charge in [-0.1, -0.05) is 43.3 Å². The van der Waals surface area contributed by atoms with Gasteiger partial charge in [0.05, 0.1) is 17.0 Å². The molecule has 136 valence electrons. The lowest BCUT2D eigenvalue weighted by Gasteiger charge is -2.17. The van der Waals surface area contributed by atoms with E-state index in [0.29, 0.717) is 15.4 Å². The van der Waals surface area contributed by atoms with Gasteiger partial charge in [0.15, 0.2) is 5.16 Å². The van der Waals surface area contributed by atoms with Crippen LogP contribution in [0.1, 0.15) is 19.8 Å². The Morgan fingerprint density at radius 3 is 2.77 bits per heavy atom. The van der Waals surface area contributed by atoms with Crippen molar-refractivity contribution >= 4 is 39.2 Å². The maximum atomic E-state index is 13.0. The van der Waals surface area contributed by atoms with Gasteiger partial charge >= 0.3 is 0 Å². The Morgan fingerprint density at radius 2 is 2.04 bits per heavy atom. The fraction of sp³-hybridized carbons (Fsp3) is 0.316. The fourth-order valence-electron chi connectivity index (χ4n) is 2.55. The van der Waals surface area contributed by atoms with Crippen molar-refractivity contribution in [2.75, 3.05) is 19.3 Å². The zero-order chi connectivity index (χ0) is 18.5. The number of nitrogens with zero attached hydrogens (tertiary/aromatic N) is 3. The molecule has 0 atom stereocenters. The maximum absolute atomic E-state index is 13.0. The van der Waals surface area contributed by atoms with Gasteiger partial charge in [0.25, 0.3) is 5.56 Å². The molecule has 0 saturated heterocycles. The monoisotopic (exact) mass is 387 g/mol.